The second-order valence-corrected chi connectivity index (χ2v) is 4.50. The summed E-state index contributed by atoms with van der Waals surface area (Å²) in [5.74, 6) is -1.02. The molecule has 0 spiro atoms. The van der Waals surface area contributed by atoms with Gasteiger partial charge < -0.3 is 15.7 Å². The first kappa shape index (κ1) is 14.5. The molecular weight excluding hydrogens is 270 g/mol. The number of benzene rings is 1. The van der Waals surface area contributed by atoms with Crippen molar-refractivity contribution in [2.24, 2.45) is 0 Å². The molecule has 0 bridgehead atoms. The minimum absolute atomic E-state index is 0.168. The van der Waals surface area contributed by atoms with E-state index in [1.54, 1.807) is 43.6 Å². The summed E-state index contributed by atoms with van der Waals surface area (Å²) < 4.78 is 0. The van der Waals surface area contributed by atoms with Crippen LogP contribution in [-0.4, -0.2) is 22.1 Å². The van der Waals surface area contributed by atoms with Crippen LogP contribution in [0.2, 0.25) is 0 Å². The molecule has 0 fully saturated rings. The molecule has 21 heavy (non-hydrogen) atoms. The lowest BCUT2D eigenvalue weighted by Gasteiger charge is -2.09. The van der Waals surface area contributed by atoms with Crippen molar-refractivity contribution in [3.8, 4) is 0 Å². The lowest BCUT2D eigenvalue weighted by molar-refractivity contribution is 0.0696. The largest absolute Gasteiger partial charge is 0.478 e. The molecular formula is C15H15N3O3. The van der Waals surface area contributed by atoms with E-state index in [2.05, 4.69) is 15.6 Å². The second kappa shape index (κ2) is 6.51. The lowest BCUT2D eigenvalue weighted by atomic mass is 10.1. The van der Waals surface area contributed by atoms with Gasteiger partial charge in [0.25, 0.3) is 0 Å². The number of carboxylic acid groups (broad SMARTS) is 1. The van der Waals surface area contributed by atoms with E-state index >= 15 is 0 Å². The fourth-order valence-electron chi connectivity index (χ4n) is 1.79. The topological polar surface area (TPSA) is 91.3 Å². The molecule has 1 aromatic heterocycles. The molecule has 1 aromatic carbocycles. The number of aryl methyl sites for hydroxylation is 1. The molecule has 0 saturated heterocycles. The summed E-state index contributed by atoms with van der Waals surface area (Å²) in [4.78, 5) is 26.7. The first-order valence-electron chi connectivity index (χ1n) is 6.34. The van der Waals surface area contributed by atoms with Crippen LogP contribution >= 0.6 is 0 Å². The Morgan fingerprint density at radius 2 is 1.90 bits per heavy atom. The van der Waals surface area contributed by atoms with Crippen molar-refractivity contribution in [1.29, 1.82) is 0 Å². The minimum Gasteiger partial charge on any atom is -0.478 e. The van der Waals surface area contributed by atoms with Crippen LogP contribution in [0.1, 0.15) is 21.5 Å². The molecule has 1 heterocycles. The molecule has 0 unspecified atom stereocenters. The van der Waals surface area contributed by atoms with Crippen LogP contribution in [0.4, 0.5) is 10.5 Å². The zero-order valence-electron chi connectivity index (χ0n) is 11.5. The molecule has 0 aliphatic rings. The van der Waals surface area contributed by atoms with E-state index in [4.69, 9.17) is 5.11 Å². The Bertz CT molecular complexity index is 656. The van der Waals surface area contributed by atoms with Gasteiger partial charge in [-0.05, 0) is 42.3 Å². The van der Waals surface area contributed by atoms with E-state index < -0.39 is 12.0 Å². The van der Waals surface area contributed by atoms with Gasteiger partial charge in [-0.3, -0.25) is 4.98 Å². The highest BCUT2D eigenvalue weighted by Gasteiger charge is 2.09. The first-order valence-corrected chi connectivity index (χ1v) is 6.34. The number of aromatic carboxylic acids is 1. The Hall–Kier alpha value is -2.89. The number of anilines is 1. The summed E-state index contributed by atoms with van der Waals surface area (Å²) in [6, 6.07) is 7.95. The Kier molecular flexibility index (Phi) is 4.50. The fourth-order valence-corrected chi connectivity index (χ4v) is 1.79. The van der Waals surface area contributed by atoms with Crippen molar-refractivity contribution in [3.05, 3.63) is 59.4 Å². The summed E-state index contributed by atoms with van der Waals surface area (Å²) >= 11 is 0. The monoisotopic (exact) mass is 285 g/mol. The number of urea groups is 1. The average Bonchev–Trinajstić information content (AvgIpc) is 2.48. The number of amides is 2. The number of nitrogens with one attached hydrogen (secondary N) is 2. The molecule has 2 aromatic rings. The van der Waals surface area contributed by atoms with E-state index in [0.29, 0.717) is 17.8 Å². The zero-order chi connectivity index (χ0) is 15.2. The second-order valence-electron chi connectivity index (χ2n) is 4.50. The molecule has 0 atom stereocenters. The highest BCUT2D eigenvalue weighted by atomic mass is 16.4. The molecule has 3 N–H and O–H groups in total. The molecule has 2 rings (SSSR count). The number of rotatable bonds is 4. The van der Waals surface area contributed by atoms with Crippen LogP contribution < -0.4 is 10.6 Å². The third-order valence-electron chi connectivity index (χ3n) is 2.93. The highest BCUT2D eigenvalue weighted by Crippen LogP contribution is 2.15. The number of carbonyl (C=O) groups excluding carboxylic acids is 1. The number of pyridine rings is 1. The predicted molar refractivity (Wildman–Crippen MR) is 78.2 cm³/mol. The Balaban J connectivity index is 1.97. The third kappa shape index (κ3) is 4.04. The summed E-state index contributed by atoms with van der Waals surface area (Å²) in [7, 11) is 0. The Morgan fingerprint density at radius 3 is 2.57 bits per heavy atom. The third-order valence-corrected chi connectivity index (χ3v) is 2.93. The minimum atomic E-state index is -1.02. The Labute approximate surface area is 121 Å². The summed E-state index contributed by atoms with van der Waals surface area (Å²) in [5.41, 5.74) is 2.17. The zero-order valence-corrected chi connectivity index (χ0v) is 11.5. The maximum atomic E-state index is 11.8. The van der Waals surface area contributed by atoms with Gasteiger partial charge >= 0.3 is 12.0 Å². The first-order chi connectivity index (χ1) is 10.1. The van der Waals surface area contributed by atoms with E-state index in [0.717, 1.165) is 5.56 Å². The van der Waals surface area contributed by atoms with Crippen molar-refractivity contribution in [3.63, 3.8) is 0 Å². The van der Waals surface area contributed by atoms with Crippen molar-refractivity contribution in [1.82, 2.24) is 10.3 Å². The fraction of sp³-hybridized carbons (Fsp3) is 0.133. The van der Waals surface area contributed by atoms with Crippen LogP contribution in [0.5, 0.6) is 0 Å². The molecule has 0 saturated carbocycles. The lowest BCUT2D eigenvalue weighted by Crippen LogP contribution is -2.28. The number of carbonyl (C=O) groups is 2. The maximum absolute atomic E-state index is 11.8. The van der Waals surface area contributed by atoms with Gasteiger partial charge in [-0.1, -0.05) is 6.07 Å². The van der Waals surface area contributed by atoms with Gasteiger partial charge in [-0.2, -0.15) is 0 Å². The molecule has 6 heteroatoms. The number of nitrogens with zero attached hydrogens (tertiary/aromatic N) is 1. The maximum Gasteiger partial charge on any atom is 0.336 e. The summed E-state index contributed by atoms with van der Waals surface area (Å²) in [6.07, 6.45) is 3.29. The number of hydrogen-bond donors (Lipinski definition) is 3. The van der Waals surface area contributed by atoms with Crippen molar-refractivity contribution in [2.45, 2.75) is 13.5 Å². The molecule has 0 aliphatic heterocycles. The van der Waals surface area contributed by atoms with Crippen LogP contribution in [0.15, 0.2) is 42.7 Å². The molecule has 6 nitrogen and oxygen atoms in total. The normalized spacial score (nSPS) is 9.95. The summed E-state index contributed by atoms with van der Waals surface area (Å²) in [5, 5.41) is 14.3. The van der Waals surface area contributed by atoms with Gasteiger partial charge in [0.1, 0.15) is 0 Å². The Morgan fingerprint density at radius 1 is 1.19 bits per heavy atom. The van der Waals surface area contributed by atoms with Crippen LogP contribution in [0.3, 0.4) is 0 Å². The van der Waals surface area contributed by atoms with E-state index in [-0.39, 0.29) is 5.56 Å². The predicted octanol–water partition coefficient (Wildman–Crippen LogP) is 2.41. The quantitative estimate of drug-likeness (QED) is 0.804. The number of aromatic nitrogens is 1. The van der Waals surface area contributed by atoms with Gasteiger partial charge in [0.05, 0.1) is 5.56 Å². The van der Waals surface area contributed by atoms with Crippen molar-refractivity contribution >= 4 is 17.7 Å². The van der Waals surface area contributed by atoms with E-state index in [9.17, 15) is 9.59 Å². The van der Waals surface area contributed by atoms with E-state index in [1.807, 2.05) is 0 Å². The van der Waals surface area contributed by atoms with Crippen molar-refractivity contribution in [2.75, 3.05) is 5.32 Å². The molecule has 0 aliphatic carbocycles. The van der Waals surface area contributed by atoms with Crippen LogP contribution in [0.25, 0.3) is 0 Å². The summed E-state index contributed by atoms with van der Waals surface area (Å²) in [6.45, 7) is 2.07. The number of carboxylic acids is 1. The van der Waals surface area contributed by atoms with Crippen LogP contribution in [-0.2, 0) is 6.54 Å². The van der Waals surface area contributed by atoms with Gasteiger partial charge in [0.15, 0.2) is 0 Å². The van der Waals surface area contributed by atoms with Crippen LogP contribution in [0, 0.1) is 6.92 Å². The van der Waals surface area contributed by atoms with Gasteiger partial charge in [0.2, 0.25) is 0 Å². The standard InChI is InChI=1S/C15H15N3O3/c1-10-2-3-12(8-13(10)14(19)20)18-15(21)17-9-11-4-6-16-7-5-11/h2-8H,9H2,1H3,(H,19,20)(H2,17,18,21). The van der Waals surface area contributed by atoms with Gasteiger partial charge in [-0.15, -0.1) is 0 Å². The molecule has 2 amide bonds. The van der Waals surface area contributed by atoms with Crippen molar-refractivity contribution < 1.29 is 14.7 Å². The van der Waals surface area contributed by atoms with Gasteiger partial charge in [-0.25, -0.2) is 9.59 Å². The number of hydrogen-bond acceptors (Lipinski definition) is 3. The SMILES string of the molecule is Cc1ccc(NC(=O)NCc2ccncc2)cc1C(=O)O. The smallest absolute Gasteiger partial charge is 0.336 e. The molecule has 0 radical (unpaired) electrons. The van der Waals surface area contributed by atoms with E-state index in [1.165, 1.54) is 6.07 Å². The molecule has 108 valence electrons. The average molecular weight is 285 g/mol. The van der Waals surface area contributed by atoms with Gasteiger partial charge in [0, 0.05) is 24.6 Å². The highest BCUT2D eigenvalue weighted by molar-refractivity contribution is 5.94.